The maximum atomic E-state index is 13.6. The van der Waals surface area contributed by atoms with Gasteiger partial charge in [-0.25, -0.2) is 8.78 Å². The molecule has 0 bridgehead atoms. The van der Waals surface area contributed by atoms with E-state index in [1.54, 1.807) is 11.3 Å². The number of amides is 1. The quantitative estimate of drug-likeness (QED) is 0.856. The molecule has 2 heterocycles. The molecular formula is C17H18ClF2N3OS. The lowest BCUT2D eigenvalue weighted by Gasteiger charge is -2.34. The van der Waals surface area contributed by atoms with Gasteiger partial charge in [-0.1, -0.05) is 17.7 Å². The molecule has 8 heteroatoms. The molecule has 1 aliphatic rings. The van der Waals surface area contributed by atoms with Gasteiger partial charge < -0.3 is 5.32 Å². The lowest BCUT2D eigenvalue weighted by molar-refractivity contribution is -0.117. The minimum absolute atomic E-state index is 0.118. The van der Waals surface area contributed by atoms with Gasteiger partial charge in [0.15, 0.2) is 0 Å². The standard InChI is InChI=1S/C17H18ClF2N3OS/c18-15-5-4-12(25-15)10-22-6-8-23(9-7-22)11-16(24)21-17-13(19)2-1-3-14(17)20/h1-5H,6-11H2,(H,21,24). The number of benzene rings is 1. The van der Waals surface area contributed by atoms with E-state index in [1.807, 2.05) is 17.0 Å². The highest BCUT2D eigenvalue weighted by atomic mass is 35.5. The zero-order chi connectivity index (χ0) is 17.8. The molecule has 1 amide bonds. The molecule has 134 valence electrons. The molecule has 2 aromatic rings. The van der Waals surface area contributed by atoms with Crippen LogP contribution in [-0.2, 0) is 11.3 Å². The predicted molar refractivity (Wildman–Crippen MR) is 96.0 cm³/mol. The second-order valence-electron chi connectivity index (χ2n) is 5.90. The van der Waals surface area contributed by atoms with Crippen molar-refractivity contribution in [1.29, 1.82) is 0 Å². The van der Waals surface area contributed by atoms with Gasteiger partial charge in [-0.15, -0.1) is 11.3 Å². The molecular weight excluding hydrogens is 368 g/mol. The molecule has 1 N–H and O–H groups in total. The van der Waals surface area contributed by atoms with E-state index in [4.69, 9.17) is 11.6 Å². The number of piperazine rings is 1. The molecule has 1 aliphatic heterocycles. The number of anilines is 1. The summed E-state index contributed by atoms with van der Waals surface area (Å²) in [4.78, 5) is 17.5. The fraction of sp³-hybridized carbons (Fsp3) is 0.353. The number of halogens is 3. The van der Waals surface area contributed by atoms with Crippen LogP contribution in [0.3, 0.4) is 0 Å². The molecule has 0 aliphatic carbocycles. The molecule has 4 nitrogen and oxygen atoms in total. The maximum absolute atomic E-state index is 13.6. The Balaban J connectivity index is 1.46. The largest absolute Gasteiger partial charge is 0.320 e. The monoisotopic (exact) mass is 385 g/mol. The summed E-state index contributed by atoms with van der Waals surface area (Å²) >= 11 is 7.51. The van der Waals surface area contributed by atoms with E-state index >= 15 is 0 Å². The average molecular weight is 386 g/mol. The molecule has 1 aromatic carbocycles. The van der Waals surface area contributed by atoms with Crippen LogP contribution >= 0.6 is 22.9 Å². The predicted octanol–water partition coefficient (Wildman–Crippen LogP) is 3.44. The number of carbonyl (C=O) groups excluding carboxylic acids is 1. The summed E-state index contributed by atoms with van der Waals surface area (Å²) in [6.45, 7) is 4.08. The number of nitrogens with one attached hydrogen (secondary N) is 1. The van der Waals surface area contributed by atoms with Crippen molar-refractivity contribution in [3.05, 3.63) is 51.2 Å². The highest BCUT2D eigenvalue weighted by Crippen LogP contribution is 2.23. The number of carbonyl (C=O) groups is 1. The van der Waals surface area contributed by atoms with Crippen molar-refractivity contribution in [1.82, 2.24) is 9.80 Å². The van der Waals surface area contributed by atoms with Gasteiger partial charge in [0.1, 0.15) is 17.3 Å². The first-order valence-electron chi connectivity index (χ1n) is 7.94. The summed E-state index contributed by atoms with van der Waals surface area (Å²) in [6.07, 6.45) is 0. The lowest BCUT2D eigenvalue weighted by Crippen LogP contribution is -2.48. The number of nitrogens with zero attached hydrogens (tertiary/aromatic N) is 2. The van der Waals surface area contributed by atoms with Crippen LogP contribution in [0.2, 0.25) is 4.34 Å². The maximum Gasteiger partial charge on any atom is 0.238 e. The first-order chi connectivity index (χ1) is 12.0. The Bertz CT molecular complexity index is 727. The zero-order valence-electron chi connectivity index (χ0n) is 13.5. The molecule has 3 rings (SSSR count). The molecule has 0 radical (unpaired) electrons. The van der Waals surface area contributed by atoms with Crippen LogP contribution in [-0.4, -0.2) is 48.4 Å². The minimum Gasteiger partial charge on any atom is -0.320 e. The van der Waals surface area contributed by atoms with E-state index in [0.717, 1.165) is 49.2 Å². The third kappa shape index (κ3) is 4.98. The van der Waals surface area contributed by atoms with Gasteiger partial charge in [0.25, 0.3) is 0 Å². The SMILES string of the molecule is O=C(CN1CCN(Cc2ccc(Cl)s2)CC1)Nc1c(F)cccc1F. The number of para-hydroxylation sites is 1. The van der Waals surface area contributed by atoms with Gasteiger partial charge in [0, 0.05) is 37.6 Å². The van der Waals surface area contributed by atoms with Gasteiger partial charge in [0.2, 0.25) is 5.91 Å². The van der Waals surface area contributed by atoms with Crippen molar-refractivity contribution in [3.63, 3.8) is 0 Å². The van der Waals surface area contributed by atoms with Gasteiger partial charge in [-0.05, 0) is 24.3 Å². The second-order valence-corrected chi connectivity index (χ2v) is 7.70. The summed E-state index contributed by atoms with van der Waals surface area (Å²) in [5, 5.41) is 2.32. The van der Waals surface area contributed by atoms with E-state index in [-0.39, 0.29) is 12.2 Å². The summed E-state index contributed by atoms with van der Waals surface area (Å²) < 4.78 is 27.9. The Labute approximate surface area is 154 Å². The lowest BCUT2D eigenvalue weighted by atomic mass is 10.2. The van der Waals surface area contributed by atoms with Gasteiger partial charge in [0.05, 0.1) is 10.9 Å². The van der Waals surface area contributed by atoms with Crippen LogP contribution in [0.25, 0.3) is 0 Å². The Kier molecular flexibility index (Phi) is 6.01. The van der Waals surface area contributed by atoms with Crippen LogP contribution in [0, 0.1) is 11.6 Å². The normalized spacial score (nSPS) is 16.1. The van der Waals surface area contributed by atoms with E-state index in [9.17, 15) is 13.6 Å². The van der Waals surface area contributed by atoms with E-state index in [1.165, 1.54) is 10.9 Å². The topological polar surface area (TPSA) is 35.6 Å². The van der Waals surface area contributed by atoms with Crippen LogP contribution in [0.5, 0.6) is 0 Å². The van der Waals surface area contributed by atoms with Gasteiger partial charge in [-0.3, -0.25) is 14.6 Å². The Morgan fingerprint density at radius 1 is 1.08 bits per heavy atom. The van der Waals surface area contributed by atoms with Crippen molar-refractivity contribution in [2.24, 2.45) is 0 Å². The second kappa shape index (κ2) is 8.23. The fourth-order valence-corrected chi connectivity index (χ4v) is 3.89. The third-order valence-corrected chi connectivity index (χ3v) is 5.28. The molecule has 1 aromatic heterocycles. The molecule has 0 spiro atoms. The van der Waals surface area contributed by atoms with Crippen molar-refractivity contribution in [3.8, 4) is 0 Å². The molecule has 0 unspecified atom stereocenters. The molecule has 25 heavy (non-hydrogen) atoms. The minimum atomic E-state index is -0.771. The summed E-state index contributed by atoms with van der Waals surface area (Å²) in [7, 11) is 0. The summed E-state index contributed by atoms with van der Waals surface area (Å²) in [5.41, 5.74) is -0.388. The zero-order valence-corrected chi connectivity index (χ0v) is 15.0. The van der Waals surface area contributed by atoms with Crippen molar-refractivity contribution in [2.75, 3.05) is 38.0 Å². The summed E-state index contributed by atoms with van der Waals surface area (Å²) in [5.74, 6) is -1.96. The molecule has 1 fully saturated rings. The van der Waals surface area contributed by atoms with Crippen molar-refractivity contribution >= 4 is 34.5 Å². The molecule has 0 atom stereocenters. The van der Waals surface area contributed by atoms with E-state index < -0.39 is 17.5 Å². The highest BCUT2D eigenvalue weighted by Gasteiger charge is 2.20. The number of rotatable bonds is 5. The first kappa shape index (κ1) is 18.3. The Morgan fingerprint density at radius 3 is 2.32 bits per heavy atom. The first-order valence-corrected chi connectivity index (χ1v) is 9.13. The van der Waals surface area contributed by atoms with E-state index in [2.05, 4.69) is 10.2 Å². The number of hydrogen-bond donors (Lipinski definition) is 1. The van der Waals surface area contributed by atoms with Gasteiger partial charge in [-0.2, -0.15) is 0 Å². The van der Waals surface area contributed by atoms with Crippen LogP contribution < -0.4 is 5.32 Å². The Hall–Kier alpha value is -1.54. The smallest absolute Gasteiger partial charge is 0.238 e. The highest BCUT2D eigenvalue weighted by molar-refractivity contribution is 7.16. The average Bonchev–Trinajstić information content (AvgIpc) is 2.98. The summed E-state index contributed by atoms with van der Waals surface area (Å²) in [6, 6.07) is 7.42. The molecule has 1 saturated heterocycles. The number of thiophene rings is 1. The molecule has 0 saturated carbocycles. The van der Waals surface area contributed by atoms with Gasteiger partial charge >= 0.3 is 0 Å². The van der Waals surface area contributed by atoms with Crippen LogP contribution in [0.15, 0.2) is 30.3 Å². The van der Waals surface area contributed by atoms with E-state index in [0.29, 0.717) is 0 Å². The number of hydrogen-bond acceptors (Lipinski definition) is 4. The van der Waals surface area contributed by atoms with Crippen molar-refractivity contribution < 1.29 is 13.6 Å². The third-order valence-electron chi connectivity index (χ3n) is 4.07. The van der Waals surface area contributed by atoms with Crippen molar-refractivity contribution in [2.45, 2.75) is 6.54 Å². The Morgan fingerprint density at radius 2 is 1.72 bits per heavy atom. The fourth-order valence-electron chi connectivity index (χ4n) is 2.76. The van der Waals surface area contributed by atoms with Crippen LogP contribution in [0.1, 0.15) is 4.88 Å². The van der Waals surface area contributed by atoms with Crippen LogP contribution in [0.4, 0.5) is 14.5 Å².